The van der Waals surface area contributed by atoms with E-state index in [2.05, 4.69) is 20.5 Å². The molecule has 0 spiro atoms. The highest BCUT2D eigenvalue weighted by Crippen LogP contribution is 1.99. The summed E-state index contributed by atoms with van der Waals surface area (Å²) in [5.74, 6) is -1.48. The minimum Gasteiger partial charge on any atom is -0.477 e. The van der Waals surface area contributed by atoms with E-state index in [1.54, 1.807) is 0 Å². The van der Waals surface area contributed by atoms with Crippen LogP contribution in [0.15, 0.2) is 18.2 Å². The SMILES string of the molecule is O=C(O)c1cccc(C(=O)NCCN2CCNCC2)n1. The summed E-state index contributed by atoms with van der Waals surface area (Å²) in [5.41, 5.74) is 0.00460. The topological polar surface area (TPSA) is 94.6 Å². The maximum absolute atomic E-state index is 11.9. The molecule has 3 N–H and O–H groups in total. The van der Waals surface area contributed by atoms with Gasteiger partial charge in [0.1, 0.15) is 11.4 Å². The highest BCUT2D eigenvalue weighted by molar-refractivity contribution is 5.94. The van der Waals surface area contributed by atoms with Crippen LogP contribution < -0.4 is 10.6 Å². The number of amides is 1. The number of aromatic carboxylic acids is 1. The molecule has 1 aliphatic rings. The van der Waals surface area contributed by atoms with Crippen molar-refractivity contribution in [2.45, 2.75) is 0 Å². The van der Waals surface area contributed by atoms with Gasteiger partial charge >= 0.3 is 5.97 Å². The first-order chi connectivity index (χ1) is 9.66. The first kappa shape index (κ1) is 14.4. The molecule has 0 saturated carbocycles. The summed E-state index contributed by atoms with van der Waals surface area (Å²) < 4.78 is 0. The monoisotopic (exact) mass is 278 g/mol. The number of hydrogen-bond acceptors (Lipinski definition) is 5. The van der Waals surface area contributed by atoms with Gasteiger partial charge in [0.2, 0.25) is 0 Å². The molecule has 0 radical (unpaired) electrons. The third-order valence-corrected chi connectivity index (χ3v) is 3.12. The summed E-state index contributed by atoms with van der Waals surface area (Å²) in [6, 6.07) is 4.38. The molecule has 1 aromatic heterocycles. The Kier molecular flexibility index (Phi) is 5.03. The van der Waals surface area contributed by atoms with Gasteiger partial charge in [0.25, 0.3) is 5.91 Å². The Morgan fingerprint density at radius 1 is 1.30 bits per heavy atom. The lowest BCUT2D eigenvalue weighted by Gasteiger charge is -2.27. The maximum Gasteiger partial charge on any atom is 0.354 e. The van der Waals surface area contributed by atoms with Crippen molar-refractivity contribution in [2.24, 2.45) is 0 Å². The molecule has 0 aromatic carbocycles. The van der Waals surface area contributed by atoms with E-state index >= 15 is 0 Å². The van der Waals surface area contributed by atoms with Crippen LogP contribution in [0, 0.1) is 0 Å². The molecule has 7 heteroatoms. The normalized spacial score (nSPS) is 15.8. The van der Waals surface area contributed by atoms with Crippen molar-refractivity contribution < 1.29 is 14.7 Å². The lowest BCUT2D eigenvalue weighted by atomic mass is 10.3. The lowest BCUT2D eigenvalue weighted by Crippen LogP contribution is -2.46. The smallest absolute Gasteiger partial charge is 0.354 e. The third kappa shape index (κ3) is 4.01. The van der Waals surface area contributed by atoms with Gasteiger partial charge in [0.15, 0.2) is 0 Å². The Hall–Kier alpha value is -1.99. The largest absolute Gasteiger partial charge is 0.477 e. The van der Waals surface area contributed by atoms with Gasteiger partial charge in [0.05, 0.1) is 0 Å². The van der Waals surface area contributed by atoms with Crippen LogP contribution in [-0.2, 0) is 0 Å². The number of pyridine rings is 1. The van der Waals surface area contributed by atoms with Crippen LogP contribution in [0.4, 0.5) is 0 Å². The molecule has 2 heterocycles. The zero-order valence-corrected chi connectivity index (χ0v) is 11.1. The lowest BCUT2D eigenvalue weighted by molar-refractivity contribution is 0.0690. The molecule has 20 heavy (non-hydrogen) atoms. The van der Waals surface area contributed by atoms with E-state index in [4.69, 9.17) is 5.11 Å². The Labute approximate surface area is 117 Å². The quantitative estimate of drug-likeness (QED) is 0.667. The van der Waals surface area contributed by atoms with E-state index < -0.39 is 5.97 Å². The predicted octanol–water partition coefficient (Wildman–Crippen LogP) is -0.585. The van der Waals surface area contributed by atoms with Gasteiger partial charge in [-0.1, -0.05) is 6.07 Å². The highest BCUT2D eigenvalue weighted by Gasteiger charge is 2.12. The van der Waals surface area contributed by atoms with Crippen molar-refractivity contribution in [1.82, 2.24) is 20.5 Å². The first-order valence-electron chi connectivity index (χ1n) is 6.58. The van der Waals surface area contributed by atoms with Crippen LogP contribution in [-0.4, -0.2) is 66.1 Å². The number of rotatable bonds is 5. The van der Waals surface area contributed by atoms with Gasteiger partial charge in [0, 0.05) is 39.3 Å². The second-order valence-electron chi connectivity index (χ2n) is 4.56. The van der Waals surface area contributed by atoms with Crippen molar-refractivity contribution in [3.8, 4) is 0 Å². The summed E-state index contributed by atoms with van der Waals surface area (Å²) in [7, 11) is 0. The molecule has 1 fully saturated rings. The molecule has 7 nitrogen and oxygen atoms in total. The number of nitrogens with one attached hydrogen (secondary N) is 2. The summed E-state index contributed by atoms with van der Waals surface area (Å²) in [6.45, 7) is 5.20. The van der Waals surface area contributed by atoms with Crippen LogP contribution in [0.25, 0.3) is 0 Å². The molecule has 0 aliphatic carbocycles. The Morgan fingerprint density at radius 2 is 2.00 bits per heavy atom. The van der Waals surface area contributed by atoms with E-state index in [1.807, 2.05) is 0 Å². The van der Waals surface area contributed by atoms with Crippen LogP contribution in [0.5, 0.6) is 0 Å². The molecule has 1 saturated heterocycles. The minimum absolute atomic E-state index is 0.125. The number of carbonyl (C=O) groups excluding carboxylic acids is 1. The number of aromatic nitrogens is 1. The molecule has 1 aromatic rings. The van der Waals surface area contributed by atoms with E-state index in [0.29, 0.717) is 6.54 Å². The molecule has 1 amide bonds. The number of nitrogens with zero attached hydrogens (tertiary/aromatic N) is 2. The maximum atomic E-state index is 11.9. The number of carboxylic acid groups (broad SMARTS) is 1. The molecule has 0 unspecified atom stereocenters. The van der Waals surface area contributed by atoms with Gasteiger partial charge in [-0.2, -0.15) is 0 Å². The van der Waals surface area contributed by atoms with E-state index in [1.165, 1.54) is 18.2 Å². The zero-order valence-electron chi connectivity index (χ0n) is 11.1. The van der Waals surface area contributed by atoms with Crippen LogP contribution in [0.3, 0.4) is 0 Å². The van der Waals surface area contributed by atoms with Crippen molar-refractivity contribution in [3.05, 3.63) is 29.6 Å². The predicted molar refractivity (Wildman–Crippen MR) is 72.8 cm³/mol. The molecule has 2 rings (SSSR count). The van der Waals surface area contributed by atoms with Crippen molar-refractivity contribution in [3.63, 3.8) is 0 Å². The molecule has 0 atom stereocenters. The molecule has 108 valence electrons. The summed E-state index contributed by atoms with van der Waals surface area (Å²) in [5, 5.41) is 14.8. The number of piperazine rings is 1. The summed E-state index contributed by atoms with van der Waals surface area (Å²) >= 11 is 0. The summed E-state index contributed by atoms with van der Waals surface area (Å²) in [4.78, 5) is 28.7. The van der Waals surface area contributed by atoms with Gasteiger partial charge in [-0.25, -0.2) is 9.78 Å². The molecule has 0 bridgehead atoms. The summed E-state index contributed by atoms with van der Waals surface area (Å²) in [6.07, 6.45) is 0. The van der Waals surface area contributed by atoms with Gasteiger partial charge in [-0.15, -0.1) is 0 Å². The second-order valence-corrected chi connectivity index (χ2v) is 4.56. The molecular formula is C13H18N4O3. The fourth-order valence-corrected chi connectivity index (χ4v) is 2.03. The average Bonchev–Trinajstić information content (AvgIpc) is 2.48. The fraction of sp³-hybridized carbons (Fsp3) is 0.462. The molecule has 1 aliphatic heterocycles. The molecular weight excluding hydrogens is 260 g/mol. The second kappa shape index (κ2) is 6.97. The van der Waals surface area contributed by atoms with Crippen LogP contribution >= 0.6 is 0 Å². The first-order valence-corrected chi connectivity index (χ1v) is 6.58. The standard InChI is InChI=1S/C13H18N4O3/c18-12(10-2-1-3-11(16-10)13(19)20)15-6-9-17-7-4-14-5-8-17/h1-3,14H,4-9H2,(H,15,18)(H,19,20). The average molecular weight is 278 g/mol. The Morgan fingerprint density at radius 3 is 2.70 bits per heavy atom. The van der Waals surface area contributed by atoms with Crippen molar-refractivity contribution >= 4 is 11.9 Å². The number of carboxylic acids is 1. The van der Waals surface area contributed by atoms with E-state index in [0.717, 1.165) is 32.7 Å². The number of carbonyl (C=O) groups is 2. The van der Waals surface area contributed by atoms with E-state index in [-0.39, 0.29) is 17.3 Å². The van der Waals surface area contributed by atoms with Gasteiger partial charge < -0.3 is 15.7 Å². The van der Waals surface area contributed by atoms with Crippen molar-refractivity contribution in [2.75, 3.05) is 39.3 Å². The van der Waals surface area contributed by atoms with Crippen molar-refractivity contribution in [1.29, 1.82) is 0 Å². The van der Waals surface area contributed by atoms with E-state index in [9.17, 15) is 9.59 Å². The third-order valence-electron chi connectivity index (χ3n) is 3.12. The highest BCUT2D eigenvalue weighted by atomic mass is 16.4. The van der Waals surface area contributed by atoms with Crippen LogP contribution in [0.2, 0.25) is 0 Å². The zero-order chi connectivity index (χ0) is 14.4. The fourth-order valence-electron chi connectivity index (χ4n) is 2.03. The van der Waals surface area contributed by atoms with Gasteiger partial charge in [-0.3, -0.25) is 9.69 Å². The minimum atomic E-state index is -1.14. The Balaban J connectivity index is 1.82. The Bertz CT molecular complexity index is 486. The van der Waals surface area contributed by atoms with Crippen LogP contribution in [0.1, 0.15) is 21.0 Å². The number of hydrogen-bond donors (Lipinski definition) is 3. The van der Waals surface area contributed by atoms with Gasteiger partial charge in [-0.05, 0) is 12.1 Å².